The van der Waals surface area contributed by atoms with E-state index >= 15 is 0 Å². The number of nitrogens with zero attached hydrogens (tertiary/aromatic N) is 2. The molecule has 2 N–H and O–H groups in total. The van der Waals surface area contributed by atoms with Crippen LogP contribution in [-0.4, -0.2) is 46.3 Å². The first-order chi connectivity index (χ1) is 10.3. The number of likely N-dealkylation sites (tertiary alicyclic amines) is 1. The van der Waals surface area contributed by atoms with Gasteiger partial charge >= 0.3 is 0 Å². The summed E-state index contributed by atoms with van der Waals surface area (Å²) in [5.41, 5.74) is 1.31. The summed E-state index contributed by atoms with van der Waals surface area (Å²) in [6.45, 7) is 3.36. The van der Waals surface area contributed by atoms with Crippen molar-refractivity contribution in [1.29, 1.82) is 0 Å². The third-order valence-electron chi connectivity index (χ3n) is 4.88. The molecule has 2 fully saturated rings. The Morgan fingerprint density at radius 1 is 1.10 bits per heavy atom. The van der Waals surface area contributed by atoms with Gasteiger partial charge in [-0.25, -0.2) is 0 Å². The van der Waals surface area contributed by atoms with Crippen LogP contribution in [0.25, 0.3) is 0 Å². The number of nitrogens with one attached hydrogen (secondary N) is 1. The minimum atomic E-state index is -0.0515. The number of aromatic nitrogens is 1. The van der Waals surface area contributed by atoms with Gasteiger partial charge in [-0.3, -0.25) is 9.88 Å². The zero-order chi connectivity index (χ0) is 14.5. The Kier molecular flexibility index (Phi) is 5.22. The van der Waals surface area contributed by atoms with E-state index in [1.54, 1.807) is 0 Å². The fraction of sp³-hybridized carbons (Fsp3) is 0.706. The summed E-state index contributed by atoms with van der Waals surface area (Å²) in [7, 11) is 0. The van der Waals surface area contributed by atoms with E-state index in [0.717, 1.165) is 32.2 Å². The number of piperidine rings is 1. The van der Waals surface area contributed by atoms with Crippen LogP contribution in [0.5, 0.6) is 0 Å². The molecule has 4 heteroatoms. The van der Waals surface area contributed by atoms with Gasteiger partial charge in [0, 0.05) is 31.0 Å². The van der Waals surface area contributed by atoms with E-state index in [2.05, 4.69) is 21.3 Å². The number of hydrogen-bond donors (Lipinski definition) is 2. The van der Waals surface area contributed by atoms with Crippen LogP contribution in [0.4, 0.5) is 0 Å². The van der Waals surface area contributed by atoms with Gasteiger partial charge in [0.2, 0.25) is 0 Å². The largest absolute Gasteiger partial charge is 0.393 e. The van der Waals surface area contributed by atoms with Crippen molar-refractivity contribution in [2.75, 3.05) is 13.1 Å². The molecule has 1 saturated carbocycles. The molecule has 3 rings (SSSR count). The summed E-state index contributed by atoms with van der Waals surface area (Å²) < 4.78 is 0. The van der Waals surface area contributed by atoms with Crippen LogP contribution in [0.1, 0.15) is 44.1 Å². The molecule has 21 heavy (non-hydrogen) atoms. The molecule has 0 bridgehead atoms. The van der Waals surface area contributed by atoms with Crippen LogP contribution in [0.2, 0.25) is 0 Å². The quantitative estimate of drug-likeness (QED) is 0.889. The summed E-state index contributed by atoms with van der Waals surface area (Å²) in [6.07, 6.45) is 10.4. The third kappa shape index (κ3) is 4.50. The molecule has 116 valence electrons. The van der Waals surface area contributed by atoms with Gasteiger partial charge in [-0.2, -0.15) is 0 Å². The Balaban J connectivity index is 1.39. The number of rotatable bonds is 4. The van der Waals surface area contributed by atoms with Crippen molar-refractivity contribution >= 4 is 0 Å². The van der Waals surface area contributed by atoms with Crippen molar-refractivity contribution in [3.8, 4) is 0 Å². The molecule has 1 aromatic heterocycles. The van der Waals surface area contributed by atoms with Gasteiger partial charge in [0.1, 0.15) is 0 Å². The van der Waals surface area contributed by atoms with E-state index < -0.39 is 0 Å². The van der Waals surface area contributed by atoms with Crippen LogP contribution in [-0.2, 0) is 6.54 Å². The molecule has 2 aliphatic rings. The van der Waals surface area contributed by atoms with Gasteiger partial charge in [-0.05, 0) is 63.2 Å². The summed E-state index contributed by atoms with van der Waals surface area (Å²) in [4.78, 5) is 6.72. The normalized spacial score (nSPS) is 28.6. The highest BCUT2D eigenvalue weighted by molar-refractivity contribution is 5.08. The zero-order valence-corrected chi connectivity index (χ0v) is 12.7. The average Bonchev–Trinajstić information content (AvgIpc) is 2.53. The predicted octanol–water partition coefficient (Wildman–Crippen LogP) is 1.94. The molecular weight excluding hydrogens is 262 g/mol. The van der Waals surface area contributed by atoms with Gasteiger partial charge in [-0.15, -0.1) is 0 Å². The monoisotopic (exact) mass is 289 g/mol. The van der Waals surface area contributed by atoms with Gasteiger partial charge in [0.25, 0.3) is 0 Å². The molecule has 2 heterocycles. The Labute approximate surface area is 127 Å². The first kappa shape index (κ1) is 14.9. The molecule has 1 aromatic rings. The standard InChI is InChI=1S/C17H27N3O/c21-17-5-3-15(4-6-17)19-16-7-10-20(11-8-16)13-14-2-1-9-18-12-14/h1-2,9,12,15-17,19,21H,3-8,10-11,13H2. The maximum atomic E-state index is 9.57. The third-order valence-corrected chi connectivity index (χ3v) is 4.88. The summed E-state index contributed by atoms with van der Waals surface area (Å²) in [5, 5.41) is 13.4. The lowest BCUT2D eigenvalue weighted by molar-refractivity contribution is 0.108. The lowest BCUT2D eigenvalue weighted by Gasteiger charge is -2.36. The number of hydrogen-bond acceptors (Lipinski definition) is 4. The maximum Gasteiger partial charge on any atom is 0.0541 e. The van der Waals surface area contributed by atoms with Crippen molar-refractivity contribution in [3.63, 3.8) is 0 Å². The molecule has 1 aliphatic carbocycles. The van der Waals surface area contributed by atoms with Crippen molar-refractivity contribution in [2.24, 2.45) is 0 Å². The van der Waals surface area contributed by atoms with Crippen LogP contribution in [0.15, 0.2) is 24.5 Å². The first-order valence-corrected chi connectivity index (χ1v) is 8.35. The molecule has 1 saturated heterocycles. The zero-order valence-electron chi connectivity index (χ0n) is 12.7. The van der Waals surface area contributed by atoms with E-state index in [0.29, 0.717) is 12.1 Å². The molecule has 0 amide bonds. The van der Waals surface area contributed by atoms with Crippen molar-refractivity contribution < 1.29 is 5.11 Å². The highest BCUT2D eigenvalue weighted by Crippen LogP contribution is 2.21. The lowest BCUT2D eigenvalue weighted by atomic mass is 9.91. The number of pyridine rings is 1. The van der Waals surface area contributed by atoms with Crippen LogP contribution in [0.3, 0.4) is 0 Å². The van der Waals surface area contributed by atoms with Crippen LogP contribution in [0, 0.1) is 0 Å². The maximum absolute atomic E-state index is 9.57. The van der Waals surface area contributed by atoms with E-state index in [-0.39, 0.29) is 6.10 Å². The fourth-order valence-electron chi connectivity index (χ4n) is 3.58. The van der Waals surface area contributed by atoms with Crippen LogP contribution < -0.4 is 5.32 Å². The van der Waals surface area contributed by atoms with Crippen molar-refractivity contribution in [3.05, 3.63) is 30.1 Å². The number of aliphatic hydroxyl groups excluding tert-OH is 1. The second-order valence-corrected chi connectivity index (χ2v) is 6.58. The molecule has 0 aromatic carbocycles. The predicted molar refractivity (Wildman–Crippen MR) is 83.9 cm³/mol. The SMILES string of the molecule is OC1CCC(NC2CCN(Cc3cccnc3)CC2)CC1. The summed E-state index contributed by atoms with van der Waals surface area (Å²) >= 11 is 0. The van der Waals surface area contributed by atoms with E-state index in [9.17, 15) is 5.11 Å². The minimum Gasteiger partial charge on any atom is -0.393 e. The second kappa shape index (κ2) is 7.34. The molecule has 0 radical (unpaired) electrons. The van der Waals surface area contributed by atoms with Crippen LogP contribution >= 0.6 is 0 Å². The molecule has 0 atom stereocenters. The van der Waals surface area contributed by atoms with Gasteiger partial charge in [-0.1, -0.05) is 6.07 Å². The van der Waals surface area contributed by atoms with Gasteiger partial charge in [0.05, 0.1) is 6.10 Å². The fourth-order valence-corrected chi connectivity index (χ4v) is 3.58. The molecular formula is C17H27N3O. The van der Waals surface area contributed by atoms with Gasteiger partial charge < -0.3 is 10.4 Å². The van der Waals surface area contributed by atoms with E-state index in [4.69, 9.17) is 0 Å². The Morgan fingerprint density at radius 2 is 1.81 bits per heavy atom. The highest BCUT2D eigenvalue weighted by Gasteiger charge is 2.24. The summed E-state index contributed by atoms with van der Waals surface area (Å²) in [6, 6.07) is 5.46. The molecule has 1 aliphatic heterocycles. The smallest absolute Gasteiger partial charge is 0.0541 e. The van der Waals surface area contributed by atoms with Gasteiger partial charge in [0.15, 0.2) is 0 Å². The van der Waals surface area contributed by atoms with E-state index in [1.165, 1.54) is 31.5 Å². The Hall–Kier alpha value is -0.970. The molecule has 4 nitrogen and oxygen atoms in total. The Bertz CT molecular complexity index is 409. The lowest BCUT2D eigenvalue weighted by Crippen LogP contribution is -2.47. The molecule has 0 spiro atoms. The van der Waals surface area contributed by atoms with E-state index in [1.807, 2.05) is 18.5 Å². The topological polar surface area (TPSA) is 48.4 Å². The van der Waals surface area contributed by atoms with Crippen molar-refractivity contribution in [2.45, 2.75) is 63.3 Å². The first-order valence-electron chi connectivity index (χ1n) is 8.35. The Morgan fingerprint density at radius 3 is 2.48 bits per heavy atom. The molecule has 0 unspecified atom stereocenters. The number of aliphatic hydroxyl groups is 1. The highest BCUT2D eigenvalue weighted by atomic mass is 16.3. The average molecular weight is 289 g/mol. The van der Waals surface area contributed by atoms with Crippen molar-refractivity contribution in [1.82, 2.24) is 15.2 Å². The summed E-state index contributed by atoms with van der Waals surface area (Å²) in [5.74, 6) is 0. The second-order valence-electron chi connectivity index (χ2n) is 6.58. The minimum absolute atomic E-state index is 0.0515.